The van der Waals surface area contributed by atoms with Crippen LogP contribution in [0.5, 0.6) is 11.5 Å². The number of rotatable bonds is 8. The van der Waals surface area contributed by atoms with E-state index < -0.39 is 20.6 Å². The Morgan fingerprint density at radius 1 is 1.06 bits per heavy atom. The third kappa shape index (κ3) is 4.95. The van der Waals surface area contributed by atoms with Crippen molar-refractivity contribution < 1.29 is 23.2 Å². The van der Waals surface area contributed by atoms with Crippen LogP contribution in [0.1, 0.15) is 12.5 Å². The molecule has 0 aliphatic carbocycles. The second-order valence-corrected chi connectivity index (χ2v) is 8.22. The second kappa shape index (κ2) is 9.35. The molecule has 0 aliphatic rings. The maximum Gasteiger partial charge on any atom is 0.270 e. The summed E-state index contributed by atoms with van der Waals surface area (Å²) in [5, 5.41) is 25.3. The summed E-state index contributed by atoms with van der Waals surface area (Å²) in [5.41, 5.74) is 3.22. The van der Waals surface area contributed by atoms with E-state index in [4.69, 9.17) is 4.74 Å². The number of benzene rings is 3. The zero-order valence-electron chi connectivity index (χ0n) is 17.1. The Bertz CT molecular complexity index is 1290. The van der Waals surface area contributed by atoms with Gasteiger partial charge in [0.15, 0.2) is 0 Å². The van der Waals surface area contributed by atoms with Gasteiger partial charge in [-0.2, -0.15) is 5.10 Å². The van der Waals surface area contributed by atoms with Gasteiger partial charge in [0, 0.05) is 17.7 Å². The summed E-state index contributed by atoms with van der Waals surface area (Å²) in [7, 11) is -2.88. The van der Waals surface area contributed by atoms with Crippen molar-refractivity contribution in [2.45, 2.75) is 11.8 Å². The number of para-hydroxylation sites is 3. The number of aromatic hydroxyl groups is 1. The minimum Gasteiger partial charge on any atom is -0.507 e. The van der Waals surface area contributed by atoms with E-state index in [1.165, 1.54) is 25.3 Å². The molecule has 0 aliphatic heterocycles. The Kier molecular flexibility index (Phi) is 6.59. The first-order chi connectivity index (χ1) is 15.2. The van der Waals surface area contributed by atoms with Gasteiger partial charge >= 0.3 is 0 Å². The highest BCUT2D eigenvalue weighted by atomic mass is 32.2. The molecular formula is C21H20N4O6S. The van der Waals surface area contributed by atoms with Gasteiger partial charge in [0.05, 0.1) is 29.1 Å². The number of phenolic OH excluding ortho intramolecular Hbond substituents is 1. The normalized spacial score (nSPS) is 11.6. The van der Waals surface area contributed by atoms with E-state index in [2.05, 4.69) is 15.2 Å². The maximum absolute atomic E-state index is 13.1. The molecule has 10 nitrogen and oxygen atoms in total. The predicted octanol–water partition coefficient (Wildman–Crippen LogP) is 3.95. The van der Waals surface area contributed by atoms with Crippen molar-refractivity contribution in [2.24, 2.45) is 5.10 Å². The van der Waals surface area contributed by atoms with Gasteiger partial charge in [-0.1, -0.05) is 24.3 Å². The number of hydrogen-bond donors (Lipinski definition) is 3. The molecule has 0 saturated carbocycles. The van der Waals surface area contributed by atoms with Crippen molar-refractivity contribution in [2.75, 3.05) is 17.3 Å². The third-order valence-corrected chi connectivity index (χ3v) is 5.86. The average molecular weight is 456 g/mol. The lowest BCUT2D eigenvalue weighted by atomic mass is 10.1. The molecule has 0 unspecified atom stereocenters. The Balaban J connectivity index is 2.02. The molecule has 0 aromatic heterocycles. The lowest BCUT2D eigenvalue weighted by molar-refractivity contribution is -0.385. The Morgan fingerprint density at radius 3 is 2.44 bits per heavy atom. The molecule has 3 aromatic carbocycles. The summed E-state index contributed by atoms with van der Waals surface area (Å²) in [4.78, 5) is 10.2. The van der Waals surface area contributed by atoms with E-state index in [1.807, 2.05) is 0 Å². The number of nitrogens with zero attached hydrogens (tertiary/aromatic N) is 2. The van der Waals surface area contributed by atoms with Crippen LogP contribution in [0.3, 0.4) is 0 Å². The Morgan fingerprint density at radius 2 is 1.75 bits per heavy atom. The topological polar surface area (TPSA) is 143 Å². The number of non-ortho nitro benzene ring substituents is 1. The van der Waals surface area contributed by atoms with Crippen molar-refractivity contribution in [3.63, 3.8) is 0 Å². The molecule has 0 bridgehead atoms. The van der Waals surface area contributed by atoms with E-state index in [1.54, 1.807) is 43.3 Å². The summed E-state index contributed by atoms with van der Waals surface area (Å²) in [6.45, 7) is 1.62. The highest BCUT2D eigenvalue weighted by molar-refractivity contribution is 7.93. The van der Waals surface area contributed by atoms with Crippen LogP contribution in [0.15, 0.2) is 76.7 Å². The van der Waals surface area contributed by atoms with Crippen LogP contribution < -0.4 is 14.9 Å². The molecule has 11 heteroatoms. The van der Waals surface area contributed by atoms with Crippen molar-refractivity contribution in [1.29, 1.82) is 0 Å². The number of nitrogens with one attached hydrogen (secondary N) is 2. The number of anilines is 2. The fourth-order valence-corrected chi connectivity index (χ4v) is 4.10. The van der Waals surface area contributed by atoms with E-state index in [9.17, 15) is 23.6 Å². The second-order valence-electron chi connectivity index (χ2n) is 6.57. The van der Waals surface area contributed by atoms with Crippen molar-refractivity contribution in [3.8, 4) is 11.5 Å². The average Bonchev–Trinajstić information content (AvgIpc) is 2.77. The highest BCUT2D eigenvalue weighted by Crippen LogP contribution is 2.31. The zero-order chi connectivity index (χ0) is 23.3. The number of hydrogen-bond acceptors (Lipinski definition) is 8. The van der Waals surface area contributed by atoms with Crippen molar-refractivity contribution in [3.05, 3.63) is 82.4 Å². The molecule has 0 radical (unpaired) electrons. The number of ether oxygens (including phenoxy) is 1. The third-order valence-electron chi connectivity index (χ3n) is 4.45. The van der Waals surface area contributed by atoms with Gasteiger partial charge in [-0.25, -0.2) is 8.42 Å². The van der Waals surface area contributed by atoms with Crippen molar-refractivity contribution in [1.82, 2.24) is 0 Å². The minimum atomic E-state index is -4.27. The molecule has 32 heavy (non-hydrogen) atoms. The zero-order valence-corrected chi connectivity index (χ0v) is 18.0. The lowest BCUT2D eigenvalue weighted by Gasteiger charge is -2.14. The van der Waals surface area contributed by atoms with E-state index in [-0.39, 0.29) is 27.8 Å². The summed E-state index contributed by atoms with van der Waals surface area (Å²) in [5.74, 6) is 0.286. The molecule has 3 rings (SSSR count). The fourth-order valence-electron chi connectivity index (χ4n) is 2.85. The van der Waals surface area contributed by atoms with Crippen LogP contribution in [-0.4, -0.2) is 31.3 Å². The lowest BCUT2D eigenvalue weighted by Crippen LogP contribution is -2.16. The largest absolute Gasteiger partial charge is 0.507 e. The standard InChI is InChI=1S/C21H20N4O6S/c1-14(16-7-3-5-9-19(16)26)22-23-18-12-11-15(25(27)28)13-21(18)32(29,30)24-17-8-4-6-10-20(17)31-2/h3-13,23-24,26H,1-2H3/b22-14+. The van der Waals surface area contributed by atoms with E-state index in [0.29, 0.717) is 11.3 Å². The van der Waals surface area contributed by atoms with Gasteiger partial charge in [0.25, 0.3) is 15.7 Å². The predicted molar refractivity (Wildman–Crippen MR) is 121 cm³/mol. The summed E-state index contributed by atoms with van der Waals surface area (Å²) < 4.78 is 33.8. The summed E-state index contributed by atoms with van der Waals surface area (Å²) in [6.07, 6.45) is 0. The molecule has 0 spiro atoms. The van der Waals surface area contributed by atoms with E-state index in [0.717, 1.165) is 12.1 Å². The quantitative estimate of drug-likeness (QED) is 0.264. The minimum absolute atomic E-state index is 0.00457. The summed E-state index contributed by atoms with van der Waals surface area (Å²) in [6, 6.07) is 16.2. The molecular weight excluding hydrogens is 436 g/mol. The smallest absolute Gasteiger partial charge is 0.270 e. The first kappa shape index (κ1) is 22.6. The van der Waals surface area contributed by atoms with Crippen LogP contribution in [0.4, 0.5) is 17.1 Å². The molecule has 0 heterocycles. The molecule has 0 saturated heterocycles. The number of nitro benzene ring substituents is 1. The van der Waals surface area contributed by atoms with Gasteiger partial charge in [-0.3, -0.25) is 20.3 Å². The first-order valence-electron chi connectivity index (χ1n) is 9.26. The fraction of sp³-hybridized carbons (Fsp3) is 0.0952. The maximum atomic E-state index is 13.1. The van der Waals surface area contributed by atoms with E-state index >= 15 is 0 Å². The molecule has 0 atom stereocenters. The number of sulfonamides is 1. The van der Waals surface area contributed by atoms with Crippen LogP contribution in [0.25, 0.3) is 0 Å². The van der Waals surface area contributed by atoms with Gasteiger partial charge in [-0.05, 0) is 37.3 Å². The summed E-state index contributed by atoms with van der Waals surface area (Å²) >= 11 is 0. The van der Waals surface area contributed by atoms with Gasteiger partial charge in [-0.15, -0.1) is 0 Å². The molecule has 0 fully saturated rings. The first-order valence-corrected chi connectivity index (χ1v) is 10.7. The van der Waals surface area contributed by atoms with Crippen LogP contribution >= 0.6 is 0 Å². The Labute approximate surface area is 184 Å². The molecule has 3 N–H and O–H groups in total. The van der Waals surface area contributed by atoms with Gasteiger partial charge in [0.2, 0.25) is 0 Å². The Hall–Kier alpha value is -4.12. The monoisotopic (exact) mass is 456 g/mol. The number of phenols is 1. The van der Waals surface area contributed by atoms with Gasteiger partial charge in [0.1, 0.15) is 16.4 Å². The number of methoxy groups -OCH3 is 1. The van der Waals surface area contributed by atoms with Gasteiger partial charge < -0.3 is 9.84 Å². The van der Waals surface area contributed by atoms with Crippen LogP contribution in [0, 0.1) is 10.1 Å². The number of hydrazone groups is 1. The molecule has 0 amide bonds. The molecule has 166 valence electrons. The van der Waals surface area contributed by atoms with Crippen LogP contribution in [-0.2, 0) is 10.0 Å². The SMILES string of the molecule is COc1ccccc1NS(=O)(=O)c1cc([N+](=O)[O-])ccc1N/N=C(\C)c1ccccc1O. The highest BCUT2D eigenvalue weighted by Gasteiger charge is 2.24. The van der Waals surface area contributed by atoms with Crippen molar-refractivity contribution >= 4 is 32.8 Å². The molecule has 3 aromatic rings. The van der Waals surface area contributed by atoms with Crippen LogP contribution in [0.2, 0.25) is 0 Å². The number of nitro groups is 1.